The molecule has 0 bridgehead atoms. The van der Waals surface area contributed by atoms with E-state index in [1.165, 1.54) is 24.6 Å². The van der Waals surface area contributed by atoms with Gasteiger partial charge in [-0.05, 0) is 70.3 Å². The molecule has 2 heterocycles. The van der Waals surface area contributed by atoms with Gasteiger partial charge in [0, 0.05) is 12.6 Å². The molecule has 0 spiro atoms. The number of hydrogen-bond acceptors (Lipinski definition) is 5. The molecule has 1 aliphatic heterocycles. The summed E-state index contributed by atoms with van der Waals surface area (Å²) in [5.74, 6) is 1.06. The van der Waals surface area contributed by atoms with Crippen molar-refractivity contribution in [2.24, 2.45) is 5.92 Å². The van der Waals surface area contributed by atoms with Crippen molar-refractivity contribution >= 4 is 28.6 Å². The molecule has 1 fully saturated rings. The van der Waals surface area contributed by atoms with E-state index in [4.69, 9.17) is 4.98 Å². The van der Waals surface area contributed by atoms with Gasteiger partial charge >= 0.3 is 0 Å². The van der Waals surface area contributed by atoms with E-state index in [-0.39, 0.29) is 23.3 Å². The summed E-state index contributed by atoms with van der Waals surface area (Å²) in [6, 6.07) is 7.60. The number of piperidine rings is 1. The standard InChI is InChI=1S/C23H34N4O2S/c1-4-18(3)24-21(28)16-30-23-25-20-9-6-5-8-19(20)22(29)27(23)13-7-12-26-14-10-17(2)11-15-26/h5-6,8-9,17-18H,4,7,10-16H2,1-3H3,(H,24,28). The number of hydrogen-bond donors (Lipinski definition) is 1. The van der Waals surface area contributed by atoms with Gasteiger partial charge in [-0.2, -0.15) is 0 Å². The van der Waals surface area contributed by atoms with E-state index in [9.17, 15) is 9.59 Å². The van der Waals surface area contributed by atoms with Crippen LogP contribution in [0.2, 0.25) is 0 Å². The predicted molar refractivity (Wildman–Crippen MR) is 124 cm³/mol. The predicted octanol–water partition coefficient (Wildman–Crippen LogP) is 3.53. The summed E-state index contributed by atoms with van der Waals surface area (Å²) in [6.45, 7) is 10.3. The van der Waals surface area contributed by atoms with Crippen LogP contribution in [0.25, 0.3) is 10.9 Å². The van der Waals surface area contributed by atoms with E-state index < -0.39 is 0 Å². The molecule has 7 heteroatoms. The van der Waals surface area contributed by atoms with Crippen LogP contribution in [0.5, 0.6) is 0 Å². The first kappa shape index (κ1) is 22.8. The van der Waals surface area contributed by atoms with Crippen LogP contribution in [-0.4, -0.2) is 51.8 Å². The Morgan fingerprint density at radius 1 is 1.27 bits per heavy atom. The Morgan fingerprint density at radius 2 is 2.00 bits per heavy atom. The summed E-state index contributed by atoms with van der Waals surface area (Å²) in [4.78, 5) is 32.6. The van der Waals surface area contributed by atoms with Gasteiger partial charge in [-0.3, -0.25) is 14.2 Å². The zero-order valence-electron chi connectivity index (χ0n) is 18.4. The Hall–Kier alpha value is -1.86. The lowest BCUT2D eigenvalue weighted by molar-refractivity contribution is -0.119. The molecular weight excluding hydrogens is 396 g/mol. The lowest BCUT2D eigenvalue weighted by Gasteiger charge is -2.30. The second kappa shape index (κ2) is 11.0. The van der Waals surface area contributed by atoms with E-state index >= 15 is 0 Å². The van der Waals surface area contributed by atoms with Crippen molar-refractivity contribution in [1.29, 1.82) is 0 Å². The topological polar surface area (TPSA) is 67.2 Å². The molecule has 0 saturated carbocycles. The molecule has 30 heavy (non-hydrogen) atoms. The van der Waals surface area contributed by atoms with E-state index in [1.807, 2.05) is 38.1 Å². The van der Waals surface area contributed by atoms with Gasteiger partial charge in [-0.25, -0.2) is 4.98 Å². The Morgan fingerprint density at radius 3 is 2.73 bits per heavy atom. The molecule has 1 saturated heterocycles. The average Bonchev–Trinajstić information content (AvgIpc) is 2.75. The van der Waals surface area contributed by atoms with Gasteiger partial charge in [-0.15, -0.1) is 0 Å². The van der Waals surface area contributed by atoms with Gasteiger partial charge in [0.1, 0.15) is 0 Å². The SMILES string of the molecule is CCC(C)NC(=O)CSc1nc2ccccc2c(=O)n1CCCN1CCC(C)CC1. The Bertz CT molecular complexity index is 906. The van der Waals surface area contributed by atoms with Crippen molar-refractivity contribution in [2.45, 2.75) is 64.2 Å². The number of nitrogens with zero attached hydrogens (tertiary/aromatic N) is 3. The highest BCUT2D eigenvalue weighted by Gasteiger charge is 2.17. The first-order chi connectivity index (χ1) is 14.5. The number of para-hydroxylation sites is 1. The largest absolute Gasteiger partial charge is 0.353 e. The van der Waals surface area contributed by atoms with Gasteiger partial charge in [0.05, 0.1) is 16.7 Å². The van der Waals surface area contributed by atoms with Crippen molar-refractivity contribution in [3.8, 4) is 0 Å². The average molecular weight is 431 g/mol. The monoisotopic (exact) mass is 430 g/mol. The maximum absolute atomic E-state index is 13.1. The van der Waals surface area contributed by atoms with Crippen molar-refractivity contribution in [3.63, 3.8) is 0 Å². The molecule has 1 atom stereocenters. The number of carbonyl (C=O) groups is 1. The van der Waals surface area contributed by atoms with E-state index in [1.54, 1.807) is 4.57 Å². The zero-order chi connectivity index (χ0) is 21.5. The van der Waals surface area contributed by atoms with Crippen molar-refractivity contribution in [3.05, 3.63) is 34.6 Å². The number of fused-ring (bicyclic) bond motifs is 1. The minimum Gasteiger partial charge on any atom is -0.353 e. The zero-order valence-corrected chi connectivity index (χ0v) is 19.2. The first-order valence-corrected chi connectivity index (χ1v) is 12.1. The normalized spacial score (nSPS) is 16.6. The highest BCUT2D eigenvalue weighted by atomic mass is 32.2. The van der Waals surface area contributed by atoms with Crippen LogP contribution in [0.15, 0.2) is 34.2 Å². The van der Waals surface area contributed by atoms with E-state index in [0.717, 1.165) is 38.4 Å². The molecule has 2 aromatic rings. The molecule has 1 aromatic heterocycles. The van der Waals surface area contributed by atoms with Crippen molar-refractivity contribution in [2.75, 3.05) is 25.4 Å². The van der Waals surface area contributed by atoms with Gasteiger partial charge in [0.2, 0.25) is 5.91 Å². The molecule has 1 unspecified atom stereocenters. The molecule has 0 radical (unpaired) electrons. The maximum atomic E-state index is 13.1. The molecule has 164 valence electrons. The van der Waals surface area contributed by atoms with Crippen LogP contribution >= 0.6 is 11.8 Å². The fraction of sp³-hybridized carbons (Fsp3) is 0.609. The highest BCUT2D eigenvalue weighted by Crippen LogP contribution is 2.19. The van der Waals surface area contributed by atoms with E-state index in [2.05, 4.69) is 17.1 Å². The summed E-state index contributed by atoms with van der Waals surface area (Å²) < 4.78 is 1.76. The molecule has 1 aromatic carbocycles. The minimum atomic E-state index is -0.0225. The Balaban J connectivity index is 1.71. The smallest absolute Gasteiger partial charge is 0.262 e. The van der Waals surface area contributed by atoms with Crippen LogP contribution in [0.3, 0.4) is 0 Å². The van der Waals surface area contributed by atoms with Crippen LogP contribution in [-0.2, 0) is 11.3 Å². The summed E-state index contributed by atoms with van der Waals surface area (Å²) in [7, 11) is 0. The van der Waals surface area contributed by atoms with Crippen molar-refractivity contribution < 1.29 is 4.79 Å². The molecule has 3 rings (SSSR count). The molecular formula is C23H34N4O2S. The lowest BCUT2D eigenvalue weighted by Crippen LogP contribution is -2.35. The fourth-order valence-electron chi connectivity index (χ4n) is 3.74. The van der Waals surface area contributed by atoms with Crippen LogP contribution in [0, 0.1) is 5.92 Å². The number of aromatic nitrogens is 2. The minimum absolute atomic E-state index is 0.0160. The van der Waals surface area contributed by atoms with Crippen LogP contribution in [0.1, 0.15) is 46.5 Å². The summed E-state index contributed by atoms with van der Waals surface area (Å²) in [6.07, 6.45) is 4.30. The third-order valence-electron chi connectivity index (χ3n) is 5.91. The maximum Gasteiger partial charge on any atom is 0.262 e. The number of nitrogens with one attached hydrogen (secondary N) is 1. The Labute approximate surface area is 183 Å². The van der Waals surface area contributed by atoms with Crippen LogP contribution < -0.4 is 10.9 Å². The highest BCUT2D eigenvalue weighted by molar-refractivity contribution is 7.99. The molecule has 0 aliphatic carbocycles. The van der Waals surface area contributed by atoms with Crippen molar-refractivity contribution in [1.82, 2.24) is 19.8 Å². The molecule has 1 N–H and O–H groups in total. The van der Waals surface area contributed by atoms with Gasteiger partial charge in [-0.1, -0.05) is 37.7 Å². The molecule has 1 aliphatic rings. The number of rotatable bonds is 9. The lowest BCUT2D eigenvalue weighted by atomic mass is 9.99. The van der Waals surface area contributed by atoms with Gasteiger partial charge in [0.15, 0.2) is 5.16 Å². The van der Waals surface area contributed by atoms with Gasteiger partial charge in [0.25, 0.3) is 5.56 Å². The summed E-state index contributed by atoms with van der Waals surface area (Å²) >= 11 is 1.35. The van der Waals surface area contributed by atoms with Gasteiger partial charge < -0.3 is 10.2 Å². The molecule has 1 amide bonds. The number of likely N-dealkylation sites (tertiary alicyclic amines) is 1. The Kier molecular flexibility index (Phi) is 8.33. The molecule has 6 nitrogen and oxygen atoms in total. The quantitative estimate of drug-likeness (QED) is 0.487. The van der Waals surface area contributed by atoms with E-state index in [0.29, 0.717) is 22.6 Å². The number of thioether (sulfide) groups is 1. The number of carbonyl (C=O) groups excluding carboxylic acids is 1. The first-order valence-electron chi connectivity index (χ1n) is 11.1. The number of amides is 1. The summed E-state index contributed by atoms with van der Waals surface area (Å²) in [5.41, 5.74) is 0.673. The fourth-order valence-corrected chi connectivity index (χ4v) is 4.58. The summed E-state index contributed by atoms with van der Waals surface area (Å²) in [5, 5.41) is 4.25. The third kappa shape index (κ3) is 6.08. The third-order valence-corrected chi connectivity index (χ3v) is 6.89. The second-order valence-electron chi connectivity index (χ2n) is 8.41. The number of benzene rings is 1. The second-order valence-corrected chi connectivity index (χ2v) is 9.35. The van der Waals surface area contributed by atoms with Crippen LogP contribution in [0.4, 0.5) is 0 Å².